The molecule has 1 saturated heterocycles. The molecule has 1 amide bonds. The van der Waals surface area contributed by atoms with E-state index in [1.165, 1.54) is 5.56 Å². The van der Waals surface area contributed by atoms with Gasteiger partial charge in [0, 0.05) is 42.2 Å². The van der Waals surface area contributed by atoms with Gasteiger partial charge in [-0.2, -0.15) is 0 Å². The first-order valence-electron chi connectivity index (χ1n) is 10.3. The van der Waals surface area contributed by atoms with Crippen molar-refractivity contribution in [3.8, 4) is 0 Å². The number of amides is 1. The van der Waals surface area contributed by atoms with E-state index in [0.717, 1.165) is 37.4 Å². The SMILES string of the molecule is CC1CC(=O)Nc2cc(S(=O)(=O)NC3CCN(Cc4ccccc4)CC3)ccc2S1. The van der Waals surface area contributed by atoms with Crippen LogP contribution in [-0.2, 0) is 21.4 Å². The quantitative estimate of drug-likeness (QED) is 0.737. The van der Waals surface area contributed by atoms with Crippen molar-refractivity contribution >= 4 is 33.4 Å². The third kappa shape index (κ3) is 5.24. The smallest absolute Gasteiger partial charge is 0.240 e. The fourth-order valence-corrected chi connectivity index (χ4v) is 6.32. The van der Waals surface area contributed by atoms with Gasteiger partial charge in [0.05, 0.1) is 10.6 Å². The number of nitrogens with zero attached hydrogens (tertiary/aromatic N) is 1. The predicted octanol–water partition coefficient (Wildman–Crippen LogP) is 3.45. The molecule has 2 N–H and O–H groups in total. The number of carbonyl (C=O) groups excluding carboxylic acids is 1. The molecule has 2 aliphatic rings. The van der Waals surface area contributed by atoms with Gasteiger partial charge in [-0.25, -0.2) is 13.1 Å². The number of benzene rings is 2. The Bertz CT molecular complexity index is 1000. The zero-order valence-corrected chi connectivity index (χ0v) is 18.6. The number of thioether (sulfide) groups is 1. The number of fused-ring (bicyclic) bond motifs is 1. The van der Waals surface area contributed by atoms with Crippen LogP contribution in [0, 0.1) is 0 Å². The van der Waals surface area contributed by atoms with Crippen LogP contribution >= 0.6 is 11.8 Å². The fourth-order valence-electron chi connectivity index (χ4n) is 3.94. The van der Waals surface area contributed by atoms with Gasteiger partial charge in [0.15, 0.2) is 0 Å². The van der Waals surface area contributed by atoms with Crippen LogP contribution in [0.2, 0.25) is 0 Å². The number of sulfonamides is 1. The van der Waals surface area contributed by atoms with Crippen LogP contribution in [0.1, 0.15) is 31.7 Å². The molecule has 0 bridgehead atoms. The highest BCUT2D eigenvalue weighted by Gasteiger charge is 2.26. The van der Waals surface area contributed by atoms with Crippen molar-refractivity contribution in [2.24, 2.45) is 0 Å². The summed E-state index contributed by atoms with van der Waals surface area (Å²) >= 11 is 1.59. The summed E-state index contributed by atoms with van der Waals surface area (Å²) in [5, 5.41) is 3.00. The topological polar surface area (TPSA) is 78.5 Å². The lowest BCUT2D eigenvalue weighted by Crippen LogP contribution is -2.44. The summed E-state index contributed by atoms with van der Waals surface area (Å²) in [6.45, 7) is 4.60. The van der Waals surface area contributed by atoms with Crippen LogP contribution in [-0.4, -0.2) is 43.6 Å². The van der Waals surface area contributed by atoms with Gasteiger partial charge in [0.2, 0.25) is 15.9 Å². The molecule has 2 aromatic carbocycles. The number of rotatable bonds is 5. The molecule has 160 valence electrons. The summed E-state index contributed by atoms with van der Waals surface area (Å²) in [5.41, 5.74) is 1.85. The van der Waals surface area contributed by atoms with Crippen LogP contribution < -0.4 is 10.0 Å². The Morgan fingerprint density at radius 3 is 2.60 bits per heavy atom. The maximum absolute atomic E-state index is 12.9. The predicted molar refractivity (Wildman–Crippen MR) is 120 cm³/mol. The van der Waals surface area contributed by atoms with Crippen LogP contribution in [0.3, 0.4) is 0 Å². The molecular weight excluding hydrogens is 418 g/mol. The van der Waals surface area contributed by atoms with Crippen LogP contribution in [0.4, 0.5) is 5.69 Å². The van der Waals surface area contributed by atoms with E-state index in [2.05, 4.69) is 27.1 Å². The van der Waals surface area contributed by atoms with Crippen molar-refractivity contribution in [1.29, 1.82) is 0 Å². The first-order chi connectivity index (χ1) is 14.4. The van der Waals surface area contributed by atoms with Crippen LogP contribution in [0.25, 0.3) is 0 Å². The highest BCUT2D eigenvalue weighted by Crippen LogP contribution is 2.36. The van der Waals surface area contributed by atoms with Gasteiger partial charge in [-0.1, -0.05) is 37.3 Å². The molecular formula is C22H27N3O3S2. The number of hydrogen-bond donors (Lipinski definition) is 2. The minimum absolute atomic E-state index is 0.0789. The second-order valence-electron chi connectivity index (χ2n) is 8.00. The highest BCUT2D eigenvalue weighted by atomic mass is 32.2. The zero-order valence-electron chi connectivity index (χ0n) is 17.0. The van der Waals surface area contributed by atoms with E-state index in [-0.39, 0.29) is 22.1 Å². The number of nitrogens with one attached hydrogen (secondary N) is 2. The molecule has 1 atom stereocenters. The second-order valence-corrected chi connectivity index (χ2v) is 11.2. The lowest BCUT2D eigenvalue weighted by atomic mass is 10.1. The van der Waals surface area contributed by atoms with Crippen molar-refractivity contribution in [3.05, 3.63) is 54.1 Å². The molecule has 30 heavy (non-hydrogen) atoms. The van der Waals surface area contributed by atoms with E-state index < -0.39 is 10.0 Å². The molecule has 8 heteroatoms. The van der Waals surface area contributed by atoms with E-state index in [1.54, 1.807) is 30.0 Å². The third-order valence-corrected chi connectivity index (χ3v) is 8.19. The van der Waals surface area contributed by atoms with Crippen LogP contribution in [0.15, 0.2) is 58.3 Å². The second kappa shape index (κ2) is 9.09. The first kappa shape index (κ1) is 21.4. The van der Waals surface area contributed by atoms with Crippen molar-refractivity contribution in [1.82, 2.24) is 9.62 Å². The molecule has 6 nitrogen and oxygen atoms in total. The highest BCUT2D eigenvalue weighted by molar-refractivity contribution is 8.00. The maximum atomic E-state index is 12.9. The number of carbonyl (C=O) groups is 1. The summed E-state index contributed by atoms with van der Waals surface area (Å²) in [7, 11) is -3.64. The number of piperidine rings is 1. The Morgan fingerprint density at radius 1 is 1.13 bits per heavy atom. The zero-order chi connectivity index (χ0) is 21.1. The molecule has 2 aliphatic heterocycles. The lowest BCUT2D eigenvalue weighted by molar-refractivity contribution is -0.116. The third-order valence-electron chi connectivity index (χ3n) is 5.49. The van der Waals surface area contributed by atoms with Gasteiger partial charge >= 0.3 is 0 Å². The minimum atomic E-state index is -3.64. The number of hydrogen-bond acceptors (Lipinski definition) is 5. The molecule has 2 aromatic rings. The number of anilines is 1. The Kier molecular flexibility index (Phi) is 6.48. The van der Waals surface area contributed by atoms with E-state index in [4.69, 9.17) is 0 Å². The van der Waals surface area contributed by atoms with Gasteiger partial charge in [-0.3, -0.25) is 9.69 Å². The van der Waals surface area contributed by atoms with E-state index in [9.17, 15) is 13.2 Å². The van der Waals surface area contributed by atoms with Crippen molar-refractivity contribution < 1.29 is 13.2 Å². The molecule has 0 spiro atoms. The molecule has 0 aromatic heterocycles. The van der Waals surface area contributed by atoms with Gasteiger partial charge < -0.3 is 5.32 Å². The summed E-state index contributed by atoms with van der Waals surface area (Å²) < 4.78 is 28.8. The summed E-state index contributed by atoms with van der Waals surface area (Å²) in [4.78, 5) is 15.5. The van der Waals surface area contributed by atoms with Gasteiger partial charge in [-0.05, 0) is 36.6 Å². The van der Waals surface area contributed by atoms with Crippen LogP contribution in [0.5, 0.6) is 0 Å². The monoisotopic (exact) mass is 445 g/mol. The largest absolute Gasteiger partial charge is 0.325 e. The fraction of sp³-hybridized carbons (Fsp3) is 0.409. The Hall–Kier alpha value is -1.87. The maximum Gasteiger partial charge on any atom is 0.240 e. The average Bonchev–Trinajstić information content (AvgIpc) is 2.85. The first-order valence-corrected chi connectivity index (χ1v) is 12.6. The van der Waals surface area contributed by atoms with Gasteiger partial charge in [0.25, 0.3) is 0 Å². The van der Waals surface area contributed by atoms with Crippen molar-refractivity contribution in [2.75, 3.05) is 18.4 Å². The summed E-state index contributed by atoms with van der Waals surface area (Å²) in [5.74, 6) is -0.0814. The van der Waals surface area contributed by atoms with Crippen molar-refractivity contribution in [2.45, 2.75) is 53.8 Å². The summed E-state index contributed by atoms with van der Waals surface area (Å²) in [6, 6.07) is 15.2. The van der Waals surface area contributed by atoms with Crippen molar-refractivity contribution in [3.63, 3.8) is 0 Å². The van der Waals surface area contributed by atoms with E-state index in [0.29, 0.717) is 12.1 Å². The normalized spacial score (nSPS) is 21.0. The van der Waals surface area contributed by atoms with E-state index >= 15 is 0 Å². The Balaban J connectivity index is 1.39. The van der Waals surface area contributed by atoms with Gasteiger partial charge in [-0.15, -0.1) is 11.8 Å². The molecule has 1 fully saturated rings. The molecule has 1 unspecified atom stereocenters. The van der Waals surface area contributed by atoms with Gasteiger partial charge in [0.1, 0.15) is 0 Å². The van der Waals surface area contributed by atoms with E-state index in [1.807, 2.05) is 25.1 Å². The average molecular weight is 446 g/mol. The molecule has 2 heterocycles. The molecule has 0 aliphatic carbocycles. The molecule has 0 saturated carbocycles. The standard InChI is InChI=1S/C22H27N3O3S2/c1-16-13-22(26)23-20-14-19(7-8-21(20)29-16)30(27,28)24-18-9-11-25(12-10-18)15-17-5-3-2-4-6-17/h2-8,14,16,18,24H,9-13,15H2,1H3,(H,23,26). The Labute approximate surface area is 182 Å². The molecule has 4 rings (SSSR count). The Morgan fingerprint density at radius 2 is 1.87 bits per heavy atom. The molecule has 0 radical (unpaired) electrons. The lowest BCUT2D eigenvalue weighted by Gasteiger charge is -2.32. The number of likely N-dealkylation sites (tertiary alicyclic amines) is 1. The summed E-state index contributed by atoms with van der Waals surface area (Å²) in [6.07, 6.45) is 1.98. The minimum Gasteiger partial charge on any atom is -0.325 e.